The third-order valence-electron chi connectivity index (χ3n) is 8.47. The Morgan fingerprint density at radius 1 is 1.06 bits per heavy atom. The number of cyclic esters (lactones) is 1. The first kappa shape index (κ1) is 25.5. The fourth-order valence-electron chi connectivity index (χ4n) is 5.45. The zero-order valence-corrected chi connectivity index (χ0v) is 21.9. The minimum Gasteiger partial charge on any atom is -0.485 e. The Kier molecular flexibility index (Phi) is 7.42. The average molecular weight is 477 g/mol. The van der Waals surface area contributed by atoms with Gasteiger partial charge in [-0.25, -0.2) is 0 Å². The normalized spacial score (nSPS) is 17.7. The molecule has 1 atom stereocenters. The molecule has 1 aliphatic carbocycles. The highest BCUT2D eigenvalue weighted by Gasteiger charge is 2.43. The van der Waals surface area contributed by atoms with Crippen LogP contribution in [0.15, 0.2) is 48.2 Å². The Hall–Kier alpha value is -2.59. The van der Waals surface area contributed by atoms with Crippen molar-refractivity contribution >= 4 is 5.97 Å². The van der Waals surface area contributed by atoms with Crippen LogP contribution in [-0.2, 0) is 21.4 Å². The molecular weight excluding hydrogens is 436 g/mol. The van der Waals surface area contributed by atoms with Gasteiger partial charge in [-0.1, -0.05) is 51.1 Å². The van der Waals surface area contributed by atoms with E-state index in [1.54, 1.807) is 6.08 Å². The van der Waals surface area contributed by atoms with Gasteiger partial charge in [0.25, 0.3) is 0 Å². The lowest BCUT2D eigenvalue weighted by atomic mass is 9.69. The Morgan fingerprint density at radius 2 is 1.71 bits per heavy atom. The molecule has 1 aliphatic heterocycles. The number of aryl methyl sites for hydroxylation is 3. The molecule has 0 amide bonds. The van der Waals surface area contributed by atoms with Gasteiger partial charge in [-0.2, -0.15) is 0 Å². The third kappa shape index (κ3) is 5.33. The van der Waals surface area contributed by atoms with Gasteiger partial charge in [0.2, 0.25) is 0 Å². The summed E-state index contributed by atoms with van der Waals surface area (Å²) in [6.45, 7) is 11.3. The topological polar surface area (TPSA) is 55.8 Å². The summed E-state index contributed by atoms with van der Waals surface area (Å²) < 4.78 is 11.1. The van der Waals surface area contributed by atoms with Crippen molar-refractivity contribution in [1.29, 1.82) is 0 Å². The van der Waals surface area contributed by atoms with E-state index in [9.17, 15) is 9.90 Å². The largest absolute Gasteiger partial charge is 0.485 e. The predicted molar refractivity (Wildman–Crippen MR) is 140 cm³/mol. The van der Waals surface area contributed by atoms with Crippen molar-refractivity contribution in [3.8, 4) is 5.75 Å². The first-order valence-electron chi connectivity index (χ1n) is 13.1. The smallest absolute Gasteiger partial charge is 0.314 e. The molecule has 0 radical (unpaired) electrons. The molecule has 1 unspecified atom stereocenters. The molecule has 1 saturated carbocycles. The van der Waals surface area contributed by atoms with Crippen LogP contribution in [0.1, 0.15) is 87.1 Å². The minimum absolute atomic E-state index is 0.0723. The highest BCUT2D eigenvalue weighted by Crippen LogP contribution is 2.49. The summed E-state index contributed by atoms with van der Waals surface area (Å²) in [5, 5.41) is 10.5. The zero-order valence-electron chi connectivity index (χ0n) is 21.9. The molecular formula is C31H40O4. The second-order valence-corrected chi connectivity index (χ2v) is 10.8. The number of rotatable bonds is 11. The molecule has 188 valence electrons. The molecule has 0 aromatic heterocycles. The number of carbonyl (C=O) groups excluding carboxylic acids is 1. The van der Waals surface area contributed by atoms with Crippen LogP contribution in [0, 0.1) is 19.3 Å². The van der Waals surface area contributed by atoms with E-state index in [4.69, 9.17) is 9.47 Å². The number of carbonyl (C=O) groups is 1. The van der Waals surface area contributed by atoms with Gasteiger partial charge in [0, 0.05) is 5.41 Å². The van der Waals surface area contributed by atoms with E-state index in [0.29, 0.717) is 12.2 Å². The summed E-state index contributed by atoms with van der Waals surface area (Å²) in [7, 11) is 0. The fourth-order valence-corrected chi connectivity index (χ4v) is 5.45. The highest BCUT2D eigenvalue weighted by molar-refractivity contribution is 5.75. The molecule has 1 N–H and O–H groups in total. The molecule has 1 fully saturated rings. The van der Waals surface area contributed by atoms with Gasteiger partial charge in [0.15, 0.2) is 0 Å². The van der Waals surface area contributed by atoms with Gasteiger partial charge in [-0.3, -0.25) is 4.79 Å². The molecule has 4 heteroatoms. The van der Waals surface area contributed by atoms with E-state index >= 15 is 0 Å². The number of hydrogen-bond donors (Lipinski definition) is 1. The van der Waals surface area contributed by atoms with Crippen LogP contribution in [0.25, 0.3) is 0 Å². The van der Waals surface area contributed by atoms with Gasteiger partial charge < -0.3 is 14.6 Å². The van der Waals surface area contributed by atoms with E-state index in [0.717, 1.165) is 49.8 Å². The summed E-state index contributed by atoms with van der Waals surface area (Å²) >= 11 is 0. The lowest BCUT2D eigenvalue weighted by Crippen LogP contribution is -2.26. The average Bonchev–Trinajstić information content (AvgIpc) is 3.47. The summed E-state index contributed by atoms with van der Waals surface area (Å²) in [5.41, 5.74) is 6.43. The van der Waals surface area contributed by atoms with Crippen LogP contribution < -0.4 is 4.74 Å². The van der Waals surface area contributed by atoms with Crippen LogP contribution in [0.5, 0.6) is 5.75 Å². The number of hydrogen-bond acceptors (Lipinski definition) is 4. The number of aliphatic hydroxyl groups is 1. The van der Waals surface area contributed by atoms with Gasteiger partial charge >= 0.3 is 5.97 Å². The number of benzene rings is 2. The fraction of sp³-hybridized carbons (Fsp3) is 0.516. The van der Waals surface area contributed by atoms with E-state index in [-0.39, 0.29) is 29.5 Å². The zero-order chi connectivity index (χ0) is 25.2. The quantitative estimate of drug-likeness (QED) is 0.366. The van der Waals surface area contributed by atoms with Crippen molar-refractivity contribution in [2.75, 3.05) is 6.61 Å². The van der Waals surface area contributed by atoms with Crippen molar-refractivity contribution in [3.63, 3.8) is 0 Å². The summed E-state index contributed by atoms with van der Waals surface area (Å²) in [6, 6.07) is 13.4. The number of aliphatic hydroxyl groups excluding tert-OH is 1. The van der Waals surface area contributed by atoms with E-state index in [2.05, 4.69) is 65.0 Å². The van der Waals surface area contributed by atoms with Gasteiger partial charge in [-0.05, 0) is 97.7 Å². The van der Waals surface area contributed by atoms with Crippen LogP contribution in [0.2, 0.25) is 0 Å². The molecule has 2 aromatic rings. The first-order valence-corrected chi connectivity index (χ1v) is 13.1. The van der Waals surface area contributed by atoms with Crippen molar-refractivity contribution < 1.29 is 19.4 Å². The molecule has 4 rings (SSSR count). The Balaban J connectivity index is 1.51. The SMILES string of the molecule is CCC(CC)(c1ccc(CCC(O)C2(C)CC2)c(C)c1)c1ccc(OCC2=CCC(=O)O2)c(C)c1. The van der Waals surface area contributed by atoms with E-state index in [1.165, 1.54) is 22.3 Å². The van der Waals surface area contributed by atoms with Gasteiger partial charge in [-0.15, -0.1) is 0 Å². The summed E-state index contributed by atoms with van der Waals surface area (Å²) in [6.07, 6.45) is 7.96. The van der Waals surface area contributed by atoms with Crippen LogP contribution >= 0.6 is 0 Å². The molecule has 0 bridgehead atoms. The number of ether oxygens (including phenoxy) is 2. The summed E-state index contributed by atoms with van der Waals surface area (Å²) in [4.78, 5) is 11.3. The maximum Gasteiger partial charge on any atom is 0.314 e. The van der Waals surface area contributed by atoms with Crippen molar-refractivity contribution in [2.24, 2.45) is 5.41 Å². The van der Waals surface area contributed by atoms with Crippen molar-refractivity contribution in [1.82, 2.24) is 0 Å². The minimum atomic E-state index is -0.221. The Morgan fingerprint density at radius 3 is 2.26 bits per heavy atom. The molecule has 0 spiro atoms. The Bertz CT molecular complexity index is 1100. The molecule has 35 heavy (non-hydrogen) atoms. The Labute approximate surface area is 210 Å². The van der Waals surface area contributed by atoms with E-state index < -0.39 is 0 Å². The molecule has 1 heterocycles. The van der Waals surface area contributed by atoms with Crippen LogP contribution in [-0.4, -0.2) is 23.8 Å². The van der Waals surface area contributed by atoms with E-state index in [1.807, 2.05) is 6.07 Å². The van der Waals surface area contributed by atoms with Crippen LogP contribution in [0.4, 0.5) is 0 Å². The van der Waals surface area contributed by atoms with Crippen molar-refractivity contribution in [2.45, 2.75) is 91.1 Å². The maximum atomic E-state index is 11.3. The van der Waals surface area contributed by atoms with Gasteiger partial charge in [0.1, 0.15) is 18.1 Å². The number of esters is 1. The second kappa shape index (κ2) is 10.2. The lowest BCUT2D eigenvalue weighted by molar-refractivity contribution is -0.136. The standard InChI is InChI=1S/C31H40O4/c1-6-31(7-2,24-10-8-23(21(3)18-24)9-14-28(32)30(5)16-17-30)25-11-13-27(22(4)19-25)34-20-26-12-15-29(33)35-26/h8,10-13,18-19,28,32H,6-7,9,14-17,20H2,1-5H3. The lowest BCUT2D eigenvalue weighted by Gasteiger charge is -2.34. The van der Waals surface area contributed by atoms with Crippen LogP contribution in [0.3, 0.4) is 0 Å². The first-order chi connectivity index (χ1) is 16.7. The molecule has 0 saturated heterocycles. The van der Waals surface area contributed by atoms with Crippen molar-refractivity contribution in [3.05, 3.63) is 76.1 Å². The third-order valence-corrected chi connectivity index (χ3v) is 8.47. The maximum absolute atomic E-state index is 11.3. The predicted octanol–water partition coefficient (Wildman–Crippen LogP) is 6.71. The highest BCUT2D eigenvalue weighted by atomic mass is 16.6. The molecule has 2 aromatic carbocycles. The van der Waals surface area contributed by atoms with Gasteiger partial charge in [0.05, 0.1) is 12.5 Å². The second-order valence-electron chi connectivity index (χ2n) is 10.8. The monoisotopic (exact) mass is 476 g/mol. The summed E-state index contributed by atoms with van der Waals surface area (Å²) in [5.74, 6) is 1.18. The molecule has 4 nitrogen and oxygen atoms in total. The molecule has 2 aliphatic rings.